The van der Waals surface area contributed by atoms with Crippen molar-refractivity contribution in [3.63, 3.8) is 0 Å². The highest BCUT2D eigenvalue weighted by Crippen LogP contribution is 2.26. The molecule has 0 saturated heterocycles. The van der Waals surface area contributed by atoms with E-state index in [4.69, 9.17) is 4.42 Å². The van der Waals surface area contributed by atoms with Crippen molar-refractivity contribution in [3.8, 4) is 0 Å². The van der Waals surface area contributed by atoms with E-state index in [1.807, 2.05) is 0 Å². The van der Waals surface area contributed by atoms with Crippen LogP contribution < -0.4 is 10.6 Å². The second-order valence-electron chi connectivity index (χ2n) is 4.53. The maximum atomic E-state index is 13.6. The second kappa shape index (κ2) is 5.45. The van der Waals surface area contributed by atoms with Crippen molar-refractivity contribution in [1.29, 1.82) is 0 Å². The summed E-state index contributed by atoms with van der Waals surface area (Å²) in [5.41, 5.74) is 0.0589. The van der Waals surface area contributed by atoms with Crippen LogP contribution in [-0.4, -0.2) is 16.2 Å². The smallest absolute Gasteiger partial charge is 0.320 e. The van der Waals surface area contributed by atoms with E-state index >= 15 is 0 Å². The number of nitrogens with zero attached hydrogens (tertiary/aromatic N) is 2. The van der Waals surface area contributed by atoms with Crippen LogP contribution in [0.15, 0.2) is 21.0 Å². The van der Waals surface area contributed by atoms with Crippen LogP contribution in [-0.2, 0) is 6.54 Å². The fraction of sp³-hybridized carbons (Fsp3) is 0.333. The number of rotatable bonds is 5. The van der Waals surface area contributed by atoms with Gasteiger partial charge in [0.1, 0.15) is 11.6 Å². The topological polar surface area (TPSA) is 63.0 Å². The standard InChI is InChI=1S/C12H11BrF2N4O/c13-7-3-10(9(15)4-8(7)14)17-12-19-18-11(20-12)5-16-6-1-2-6/h3-4,6,16H,1-2,5H2,(H,17,19). The van der Waals surface area contributed by atoms with E-state index in [0.29, 0.717) is 18.5 Å². The summed E-state index contributed by atoms with van der Waals surface area (Å²) >= 11 is 2.99. The van der Waals surface area contributed by atoms with Gasteiger partial charge in [0.25, 0.3) is 0 Å². The normalized spacial score (nSPS) is 14.6. The van der Waals surface area contributed by atoms with E-state index in [9.17, 15) is 8.78 Å². The van der Waals surface area contributed by atoms with Crippen molar-refractivity contribution in [2.75, 3.05) is 5.32 Å². The molecule has 3 rings (SSSR count). The molecule has 1 aromatic heterocycles. The zero-order chi connectivity index (χ0) is 14.1. The molecule has 8 heteroatoms. The van der Waals surface area contributed by atoms with E-state index in [1.54, 1.807) is 0 Å². The molecule has 20 heavy (non-hydrogen) atoms. The van der Waals surface area contributed by atoms with Gasteiger partial charge in [-0.1, -0.05) is 5.10 Å². The minimum atomic E-state index is -0.735. The van der Waals surface area contributed by atoms with Crippen LogP contribution in [0.3, 0.4) is 0 Å². The molecular formula is C12H11BrF2N4O. The van der Waals surface area contributed by atoms with Gasteiger partial charge in [-0.25, -0.2) is 8.78 Å². The van der Waals surface area contributed by atoms with Crippen LogP contribution in [0.4, 0.5) is 20.5 Å². The lowest BCUT2D eigenvalue weighted by Gasteiger charge is -2.04. The summed E-state index contributed by atoms with van der Waals surface area (Å²) in [7, 11) is 0. The SMILES string of the molecule is Fc1cc(F)c(Nc2nnc(CNC3CC3)o2)cc1Br. The van der Waals surface area contributed by atoms with Crippen LogP contribution >= 0.6 is 15.9 Å². The van der Waals surface area contributed by atoms with E-state index in [0.717, 1.165) is 18.9 Å². The highest BCUT2D eigenvalue weighted by Gasteiger charge is 2.21. The molecule has 5 nitrogen and oxygen atoms in total. The van der Waals surface area contributed by atoms with Gasteiger partial charge in [-0.05, 0) is 34.8 Å². The highest BCUT2D eigenvalue weighted by molar-refractivity contribution is 9.10. The van der Waals surface area contributed by atoms with Crippen LogP contribution in [0.5, 0.6) is 0 Å². The molecule has 2 N–H and O–H groups in total. The van der Waals surface area contributed by atoms with Crippen molar-refractivity contribution in [2.24, 2.45) is 0 Å². The fourth-order valence-electron chi connectivity index (χ4n) is 1.63. The summed E-state index contributed by atoms with van der Waals surface area (Å²) in [6, 6.07) is 2.65. The Balaban J connectivity index is 1.69. The molecule has 0 unspecified atom stereocenters. The quantitative estimate of drug-likeness (QED) is 0.816. The van der Waals surface area contributed by atoms with Crippen LogP contribution in [0.25, 0.3) is 0 Å². The third-order valence-electron chi connectivity index (χ3n) is 2.84. The Morgan fingerprint density at radius 2 is 2.05 bits per heavy atom. The summed E-state index contributed by atoms with van der Waals surface area (Å²) in [6.45, 7) is 0.481. The number of nitrogens with one attached hydrogen (secondary N) is 2. The lowest BCUT2D eigenvalue weighted by molar-refractivity contribution is 0.478. The lowest BCUT2D eigenvalue weighted by atomic mass is 10.3. The van der Waals surface area contributed by atoms with Crippen LogP contribution in [0.2, 0.25) is 0 Å². The minimum absolute atomic E-state index is 0.0589. The number of hydrogen-bond acceptors (Lipinski definition) is 5. The van der Waals surface area contributed by atoms with Crippen molar-refractivity contribution in [3.05, 3.63) is 34.1 Å². The molecule has 1 aliphatic carbocycles. The van der Waals surface area contributed by atoms with Gasteiger partial charge < -0.3 is 15.1 Å². The molecule has 1 heterocycles. The predicted octanol–water partition coefficient (Wildman–Crippen LogP) is 3.11. The molecule has 0 amide bonds. The summed E-state index contributed by atoms with van der Waals surface area (Å²) in [5, 5.41) is 13.4. The second-order valence-corrected chi connectivity index (χ2v) is 5.38. The molecule has 0 aliphatic heterocycles. The monoisotopic (exact) mass is 344 g/mol. The van der Waals surface area contributed by atoms with Crippen molar-refractivity contribution >= 4 is 27.6 Å². The molecule has 0 bridgehead atoms. The third-order valence-corrected chi connectivity index (χ3v) is 3.45. The van der Waals surface area contributed by atoms with Crippen LogP contribution in [0, 0.1) is 11.6 Å². The first-order valence-electron chi connectivity index (χ1n) is 6.09. The lowest BCUT2D eigenvalue weighted by Crippen LogP contribution is -2.15. The zero-order valence-corrected chi connectivity index (χ0v) is 11.9. The van der Waals surface area contributed by atoms with Gasteiger partial charge in [-0.2, -0.15) is 0 Å². The zero-order valence-electron chi connectivity index (χ0n) is 10.3. The van der Waals surface area contributed by atoms with E-state index in [-0.39, 0.29) is 16.2 Å². The Hall–Kier alpha value is -1.54. The van der Waals surface area contributed by atoms with Gasteiger partial charge in [0, 0.05) is 12.1 Å². The van der Waals surface area contributed by atoms with Gasteiger partial charge in [0.05, 0.1) is 16.7 Å². The average Bonchev–Trinajstić information content (AvgIpc) is 3.14. The Morgan fingerprint density at radius 1 is 1.25 bits per heavy atom. The Morgan fingerprint density at radius 3 is 2.80 bits per heavy atom. The number of halogens is 3. The molecule has 0 atom stereocenters. The molecule has 1 aromatic carbocycles. The van der Waals surface area contributed by atoms with Gasteiger partial charge in [-0.15, -0.1) is 5.10 Å². The van der Waals surface area contributed by atoms with Gasteiger partial charge >= 0.3 is 6.01 Å². The maximum absolute atomic E-state index is 13.6. The van der Waals surface area contributed by atoms with Crippen LogP contribution in [0.1, 0.15) is 18.7 Å². The first-order valence-corrected chi connectivity index (χ1v) is 6.88. The molecule has 2 aromatic rings. The Labute approximate surface area is 121 Å². The van der Waals surface area contributed by atoms with Crippen molar-refractivity contribution in [2.45, 2.75) is 25.4 Å². The summed E-state index contributed by atoms with van der Waals surface area (Å²) in [5.74, 6) is -0.990. The Kier molecular flexibility index (Phi) is 3.66. The van der Waals surface area contributed by atoms with E-state index in [2.05, 4.69) is 36.8 Å². The molecule has 1 saturated carbocycles. The van der Waals surface area contributed by atoms with E-state index in [1.165, 1.54) is 6.07 Å². The first-order chi connectivity index (χ1) is 9.61. The highest BCUT2D eigenvalue weighted by atomic mass is 79.9. The molecule has 1 fully saturated rings. The van der Waals surface area contributed by atoms with Gasteiger partial charge in [0.15, 0.2) is 0 Å². The molecule has 0 radical (unpaired) electrons. The van der Waals surface area contributed by atoms with Crippen molar-refractivity contribution < 1.29 is 13.2 Å². The molecule has 106 valence electrons. The van der Waals surface area contributed by atoms with Gasteiger partial charge in [-0.3, -0.25) is 0 Å². The summed E-state index contributed by atoms with van der Waals surface area (Å²) in [4.78, 5) is 0. The van der Waals surface area contributed by atoms with Gasteiger partial charge in [0.2, 0.25) is 5.89 Å². The number of anilines is 2. The largest absolute Gasteiger partial charge is 0.406 e. The molecule has 1 aliphatic rings. The minimum Gasteiger partial charge on any atom is -0.406 e. The molecule has 0 spiro atoms. The van der Waals surface area contributed by atoms with E-state index < -0.39 is 11.6 Å². The third kappa shape index (κ3) is 3.13. The van der Waals surface area contributed by atoms with Crippen molar-refractivity contribution in [1.82, 2.24) is 15.5 Å². The molecular weight excluding hydrogens is 334 g/mol. The summed E-state index contributed by atoms with van der Waals surface area (Å²) in [6.07, 6.45) is 2.32. The summed E-state index contributed by atoms with van der Waals surface area (Å²) < 4.78 is 32.1. The average molecular weight is 345 g/mol. The number of hydrogen-bond donors (Lipinski definition) is 2. The number of benzene rings is 1. The first kappa shape index (κ1) is 13.4. The fourth-order valence-corrected chi connectivity index (χ4v) is 1.97. The maximum Gasteiger partial charge on any atom is 0.320 e. The predicted molar refractivity (Wildman–Crippen MR) is 71.5 cm³/mol. The Bertz CT molecular complexity index is 630. The number of aromatic nitrogens is 2.